The van der Waals surface area contributed by atoms with Crippen molar-refractivity contribution in [3.8, 4) is 11.5 Å². The molecule has 0 aromatic heterocycles. The van der Waals surface area contributed by atoms with E-state index in [2.05, 4.69) is 21.2 Å². The maximum absolute atomic E-state index is 13.6. The quantitative estimate of drug-likeness (QED) is 0.538. The predicted molar refractivity (Wildman–Crippen MR) is 126 cm³/mol. The molecule has 2 aliphatic heterocycles. The first-order valence-corrected chi connectivity index (χ1v) is 11.7. The fraction of sp³-hybridized carbons (Fsp3) is 0.280. The minimum atomic E-state index is -0.587. The maximum Gasteiger partial charge on any atom is 0.336 e. The Balaban J connectivity index is 1.63. The first kappa shape index (κ1) is 22.0. The van der Waals surface area contributed by atoms with Crippen molar-refractivity contribution in [2.45, 2.75) is 31.6 Å². The number of fused-ring (bicyclic) bond motifs is 1. The molecule has 0 unspecified atom stereocenters. The van der Waals surface area contributed by atoms with Gasteiger partial charge in [-0.1, -0.05) is 39.7 Å². The highest BCUT2D eigenvalue weighted by atomic mass is 79.9. The summed E-state index contributed by atoms with van der Waals surface area (Å²) in [6.07, 6.45) is 0.988. The number of hydrogen-bond acceptors (Lipinski definition) is 6. The van der Waals surface area contributed by atoms with Gasteiger partial charge >= 0.3 is 5.97 Å². The second kappa shape index (κ2) is 8.54. The molecule has 1 aliphatic carbocycles. The van der Waals surface area contributed by atoms with Gasteiger partial charge in [-0.25, -0.2) is 4.79 Å². The average Bonchev–Trinajstić information content (AvgIpc) is 3.24. The molecule has 0 saturated carbocycles. The monoisotopic (exact) mass is 529 g/mol. The minimum absolute atomic E-state index is 0.00725. The molecule has 0 radical (unpaired) electrons. The fourth-order valence-electron chi connectivity index (χ4n) is 4.86. The van der Waals surface area contributed by atoms with Crippen LogP contribution >= 0.6 is 27.5 Å². The lowest BCUT2D eigenvalue weighted by atomic mass is 9.71. The van der Waals surface area contributed by atoms with E-state index in [4.69, 9.17) is 25.8 Å². The number of Topliss-reactive ketones (excluding diaryl/α,β-unsaturated/α-hetero) is 1. The number of esters is 1. The predicted octanol–water partition coefficient (Wildman–Crippen LogP) is 5.37. The van der Waals surface area contributed by atoms with Gasteiger partial charge in [-0.05, 0) is 54.7 Å². The number of carbonyl (C=O) groups is 2. The van der Waals surface area contributed by atoms with Gasteiger partial charge in [0, 0.05) is 38.8 Å². The Morgan fingerprint density at radius 1 is 1.15 bits per heavy atom. The largest absolute Gasteiger partial charge is 0.466 e. The van der Waals surface area contributed by atoms with Gasteiger partial charge in [0.2, 0.25) is 6.79 Å². The van der Waals surface area contributed by atoms with Gasteiger partial charge < -0.3 is 19.5 Å². The highest BCUT2D eigenvalue weighted by molar-refractivity contribution is 9.10. The number of carbonyl (C=O) groups excluding carboxylic acids is 2. The van der Waals surface area contributed by atoms with Crippen molar-refractivity contribution in [3.63, 3.8) is 0 Å². The van der Waals surface area contributed by atoms with Crippen LogP contribution in [0.1, 0.15) is 42.7 Å². The number of rotatable bonds is 3. The zero-order valence-corrected chi connectivity index (χ0v) is 20.4. The molecule has 0 saturated heterocycles. The molecule has 2 atom stereocenters. The average molecular weight is 531 g/mol. The second-order valence-electron chi connectivity index (χ2n) is 8.29. The molecule has 6 nitrogen and oxygen atoms in total. The molecule has 0 bridgehead atoms. The summed E-state index contributed by atoms with van der Waals surface area (Å²) in [6, 6.07) is 11.3. The van der Waals surface area contributed by atoms with Crippen molar-refractivity contribution in [2.75, 3.05) is 13.9 Å². The van der Waals surface area contributed by atoms with Crippen molar-refractivity contribution < 1.29 is 23.8 Å². The van der Waals surface area contributed by atoms with E-state index in [1.165, 1.54) is 7.11 Å². The number of ether oxygens (including phenoxy) is 3. The van der Waals surface area contributed by atoms with Crippen LogP contribution in [-0.4, -0.2) is 25.7 Å². The Morgan fingerprint density at radius 3 is 2.55 bits per heavy atom. The number of halogens is 2. The van der Waals surface area contributed by atoms with E-state index in [1.807, 2.05) is 43.3 Å². The summed E-state index contributed by atoms with van der Waals surface area (Å²) in [5, 5.41) is 4.00. The van der Waals surface area contributed by atoms with E-state index in [1.54, 1.807) is 0 Å². The molecule has 0 spiro atoms. The molecule has 0 amide bonds. The summed E-state index contributed by atoms with van der Waals surface area (Å²) in [7, 11) is 1.34. The smallest absolute Gasteiger partial charge is 0.336 e. The number of nitrogens with one attached hydrogen (secondary N) is 1. The van der Waals surface area contributed by atoms with Gasteiger partial charge in [0.1, 0.15) is 0 Å². The van der Waals surface area contributed by atoms with E-state index < -0.39 is 11.9 Å². The zero-order valence-electron chi connectivity index (χ0n) is 18.0. The third-order valence-electron chi connectivity index (χ3n) is 6.38. The third kappa shape index (κ3) is 3.83. The molecule has 5 rings (SSSR count). The normalized spacial score (nSPS) is 21.6. The van der Waals surface area contributed by atoms with Gasteiger partial charge in [0.15, 0.2) is 17.3 Å². The number of hydrogen-bond donors (Lipinski definition) is 1. The van der Waals surface area contributed by atoms with Crippen LogP contribution in [0.3, 0.4) is 0 Å². The number of allylic oxidation sites excluding steroid dienone is 3. The third-order valence-corrected chi connectivity index (χ3v) is 7.32. The molecule has 2 aromatic carbocycles. The van der Waals surface area contributed by atoms with E-state index in [-0.39, 0.29) is 18.5 Å². The molecule has 170 valence electrons. The first-order chi connectivity index (χ1) is 15.9. The van der Waals surface area contributed by atoms with Gasteiger partial charge in [0.05, 0.1) is 12.7 Å². The Labute approximate surface area is 204 Å². The standard InChI is InChI=1S/C25H21BrClNO5/c1-12-22(25(30)31-2)23(16-9-20-21(10-17(16)26)33-11-32-20)24-18(28-12)7-14(8-19(24)29)13-3-5-15(27)6-4-13/h3-6,9-10,14,23,28H,7-8,11H2,1-2H3/t14-,23+/m0/s1. The molecule has 0 fully saturated rings. The lowest BCUT2D eigenvalue weighted by molar-refractivity contribution is -0.136. The number of ketones is 1. The van der Waals surface area contributed by atoms with Crippen LogP contribution in [0.4, 0.5) is 0 Å². The molecule has 2 aromatic rings. The molecular formula is C25H21BrClNO5. The Kier molecular flexibility index (Phi) is 5.70. The van der Waals surface area contributed by atoms with Crippen molar-refractivity contribution in [3.05, 3.63) is 79.6 Å². The molecule has 3 aliphatic rings. The SMILES string of the molecule is COC(=O)C1=C(C)NC2=C(C(=O)C[C@@H](c3ccc(Cl)cc3)C2)[C@@H]1c1cc2c(cc1Br)OCO2. The van der Waals surface area contributed by atoms with Crippen molar-refractivity contribution in [1.29, 1.82) is 0 Å². The van der Waals surface area contributed by atoms with E-state index in [0.717, 1.165) is 21.3 Å². The van der Waals surface area contributed by atoms with Gasteiger partial charge in [0.25, 0.3) is 0 Å². The van der Waals surface area contributed by atoms with Gasteiger partial charge in [-0.2, -0.15) is 0 Å². The molecule has 2 heterocycles. The van der Waals surface area contributed by atoms with Crippen LogP contribution < -0.4 is 14.8 Å². The van der Waals surface area contributed by atoms with Gasteiger partial charge in [-0.15, -0.1) is 0 Å². The first-order valence-electron chi connectivity index (χ1n) is 10.5. The zero-order chi connectivity index (χ0) is 23.3. The van der Waals surface area contributed by atoms with Crippen LogP contribution in [0, 0.1) is 0 Å². The maximum atomic E-state index is 13.6. The van der Waals surface area contributed by atoms with Crippen molar-refractivity contribution in [2.24, 2.45) is 0 Å². The molecule has 33 heavy (non-hydrogen) atoms. The Hall–Kier alpha value is -2.77. The number of methoxy groups -OCH3 is 1. The molecule has 1 N–H and O–H groups in total. The Morgan fingerprint density at radius 2 is 1.85 bits per heavy atom. The minimum Gasteiger partial charge on any atom is -0.466 e. The highest BCUT2D eigenvalue weighted by Gasteiger charge is 2.42. The fourth-order valence-corrected chi connectivity index (χ4v) is 5.53. The van der Waals surface area contributed by atoms with Crippen LogP contribution in [-0.2, 0) is 14.3 Å². The summed E-state index contributed by atoms with van der Waals surface area (Å²) in [5.41, 5.74) is 4.30. The Bertz CT molecular complexity index is 1230. The summed E-state index contributed by atoms with van der Waals surface area (Å²) < 4.78 is 16.9. The summed E-state index contributed by atoms with van der Waals surface area (Å²) >= 11 is 9.67. The lowest BCUT2D eigenvalue weighted by Crippen LogP contribution is -2.36. The van der Waals surface area contributed by atoms with Crippen LogP contribution in [0.2, 0.25) is 5.02 Å². The number of benzene rings is 2. The summed E-state index contributed by atoms with van der Waals surface area (Å²) in [5.74, 6) is 0.149. The molecule has 8 heteroatoms. The van der Waals surface area contributed by atoms with E-state index in [9.17, 15) is 9.59 Å². The van der Waals surface area contributed by atoms with E-state index in [0.29, 0.717) is 46.2 Å². The van der Waals surface area contributed by atoms with E-state index >= 15 is 0 Å². The van der Waals surface area contributed by atoms with Crippen LogP contribution in [0.5, 0.6) is 11.5 Å². The summed E-state index contributed by atoms with van der Waals surface area (Å²) in [4.78, 5) is 26.5. The number of dihydropyridines is 1. The summed E-state index contributed by atoms with van der Waals surface area (Å²) in [6.45, 7) is 1.96. The van der Waals surface area contributed by atoms with Crippen LogP contribution in [0.15, 0.2) is 63.4 Å². The van der Waals surface area contributed by atoms with Crippen LogP contribution in [0.25, 0.3) is 0 Å². The topological polar surface area (TPSA) is 73.9 Å². The highest BCUT2D eigenvalue weighted by Crippen LogP contribution is 2.49. The van der Waals surface area contributed by atoms with Crippen molar-refractivity contribution >= 4 is 39.3 Å². The van der Waals surface area contributed by atoms with Crippen molar-refractivity contribution in [1.82, 2.24) is 5.32 Å². The molecular weight excluding hydrogens is 510 g/mol. The lowest BCUT2D eigenvalue weighted by Gasteiger charge is -2.37. The second-order valence-corrected chi connectivity index (χ2v) is 9.58. The van der Waals surface area contributed by atoms with Gasteiger partial charge in [-0.3, -0.25) is 4.79 Å².